The zero-order valence-corrected chi connectivity index (χ0v) is 9.37. The highest BCUT2D eigenvalue weighted by Gasteiger charge is 2.32. The largest absolute Gasteiger partial charge is 0.382 e. The summed E-state index contributed by atoms with van der Waals surface area (Å²) in [5, 5.41) is 7.57. The third-order valence-electron chi connectivity index (χ3n) is 3.47. The Kier molecular flexibility index (Phi) is 2.95. The molecule has 0 aliphatic heterocycles. The minimum atomic E-state index is 0.329. The first-order valence-electron chi connectivity index (χ1n) is 5.67. The standard InChI is InChI=1S/C11H20N4/c1-15-7-10(6-14-15)13-9-11(8-12)4-2-3-5-11/h6-7,13H,2-5,8-9,12H2,1H3. The number of nitrogens with one attached hydrogen (secondary N) is 1. The minimum Gasteiger partial charge on any atom is -0.382 e. The van der Waals surface area contributed by atoms with Gasteiger partial charge in [0.15, 0.2) is 0 Å². The Bertz CT molecular complexity index is 312. The summed E-state index contributed by atoms with van der Waals surface area (Å²) in [6.07, 6.45) is 9.03. The van der Waals surface area contributed by atoms with E-state index in [0.717, 1.165) is 18.8 Å². The van der Waals surface area contributed by atoms with E-state index in [9.17, 15) is 0 Å². The molecule has 0 radical (unpaired) electrons. The molecule has 0 unspecified atom stereocenters. The van der Waals surface area contributed by atoms with Gasteiger partial charge in [0.1, 0.15) is 0 Å². The molecule has 0 amide bonds. The highest BCUT2D eigenvalue weighted by molar-refractivity contribution is 5.38. The number of aryl methyl sites for hydroxylation is 1. The van der Waals surface area contributed by atoms with Gasteiger partial charge in [-0.25, -0.2) is 0 Å². The van der Waals surface area contributed by atoms with Gasteiger partial charge in [-0.05, 0) is 24.8 Å². The van der Waals surface area contributed by atoms with E-state index < -0.39 is 0 Å². The van der Waals surface area contributed by atoms with Crippen molar-refractivity contribution in [1.29, 1.82) is 0 Å². The quantitative estimate of drug-likeness (QED) is 0.785. The second-order valence-corrected chi connectivity index (χ2v) is 4.67. The van der Waals surface area contributed by atoms with Crippen molar-refractivity contribution in [2.75, 3.05) is 18.4 Å². The molecule has 1 fully saturated rings. The Hall–Kier alpha value is -1.03. The molecule has 15 heavy (non-hydrogen) atoms. The van der Waals surface area contributed by atoms with Crippen molar-refractivity contribution in [3.63, 3.8) is 0 Å². The summed E-state index contributed by atoms with van der Waals surface area (Å²) in [6, 6.07) is 0. The lowest BCUT2D eigenvalue weighted by atomic mass is 9.86. The molecule has 3 N–H and O–H groups in total. The van der Waals surface area contributed by atoms with E-state index in [4.69, 9.17) is 5.73 Å². The number of hydrogen-bond acceptors (Lipinski definition) is 3. The molecule has 1 aliphatic carbocycles. The fourth-order valence-electron chi connectivity index (χ4n) is 2.38. The summed E-state index contributed by atoms with van der Waals surface area (Å²) >= 11 is 0. The average Bonchev–Trinajstić information content (AvgIpc) is 2.85. The van der Waals surface area contributed by atoms with E-state index in [1.165, 1.54) is 25.7 Å². The summed E-state index contributed by atoms with van der Waals surface area (Å²) in [4.78, 5) is 0. The summed E-state index contributed by atoms with van der Waals surface area (Å²) < 4.78 is 1.81. The van der Waals surface area contributed by atoms with Gasteiger partial charge in [-0.15, -0.1) is 0 Å². The predicted octanol–water partition coefficient (Wildman–Crippen LogP) is 1.35. The van der Waals surface area contributed by atoms with E-state index in [1.807, 2.05) is 24.1 Å². The van der Waals surface area contributed by atoms with Gasteiger partial charge in [-0.1, -0.05) is 12.8 Å². The summed E-state index contributed by atoms with van der Waals surface area (Å²) in [5.74, 6) is 0. The van der Waals surface area contributed by atoms with Gasteiger partial charge in [0.25, 0.3) is 0 Å². The second-order valence-electron chi connectivity index (χ2n) is 4.67. The molecule has 1 heterocycles. The monoisotopic (exact) mass is 208 g/mol. The average molecular weight is 208 g/mol. The van der Waals surface area contributed by atoms with Crippen LogP contribution < -0.4 is 11.1 Å². The van der Waals surface area contributed by atoms with Gasteiger partial charge in [-0.2, -0.15) is 5.10 Å². The van der Waals surface area contributed by atoms with Crippen LogP contribution in [0.4, 0.5) is 5.69 Å². The Morgan fingerprint density at radius 1 is 1.53 bits per heavy atom. The molecule has 0 saturated heterocycles. The molecule has 1 aromatic heterocycles. The molecule has 4 heteroatoms. The van der Waals surface area contributed by atoms with Gasteiger partial charge in [0.05, 0.1) is 11.9 Å². The Morgan fingerprint density at radius 2 is 2.27 bits per heavy atom. The highest BCUT2D eigenvalue weighted by atomic mass is 15.3. The fourth-order valence-corrected chi connectivity index (χ4v) is 2.38. The van der Waals surface area contributed by atoms with Crippen LogP contribution in [0.25, 0.3) is 0 Å². The zero-order chi connectivity index (χ0) is 10.7. The molecular weight excluding hydrogens is 188 g/mol. The third-order valence-corrected chi connectivity index (χ3v) is 3.47. The van der Waals surface area contributed by atoms with E-state index in [2.05, 4.69) is 10.4 Å². The van der Waals surface area contributed by atoms with Crippen molar-refractivity contribution in [3.05, 3.63) is 12.4 Å². The summed E-state index contributed by atoms with van der Waals surface area (Å²) in [5.41, 5.74) is 7.30. The molecule has 1 saturated carbocycles. The van der Waals surface area contributed by atoms with Crippen LogP contribution in [-0.4, -0.2) is 22.9 Å². The van der Waals surface area contributed by atoms with Gasteiger partial charge in [0.2, 0.25) is 0 Å². The number of anilines is 1. The normalized spacial score (nSPS) is 19.3. The van der Waals surface area contributed by atoms with Crippen molar-refractivity contribution in [2.45, 2.75) is 25.7 Å². The van der Waals surface area contributed by atoms with Crippen LogP contribution in [0.15, 0.2) is 12.4 Å². The van der Waals surface area contributed by atoms with Gasteiger partial charge in [0, 0.05) is 19.8 Å². The van der Waals surface area contributed by atoms with E-state index >= 15 is 0 Å². The summed E-state index contributed by atoms with van der Waals surface area (Å²) in [6.45, 7) is 1.77. The van der Waals surface area contributed by atoms with Crippen molar-refractivity contribution in [3.8, 4) is 0 Å². The van der Waals surface area contributed by atoms with Crippen LogP contribution in [0.3, 0.4) is 0 Å². The van der Waals surface area contributed by atoms with Crippen LogP contribution in [0.2, 0.25) is 0 Å². The van der Waals surface area contributed by atoms with Crippen molar-refractivity contribution < 1.29 is 0 Å². The van der Waals surface area contributed by atoms with Crippen LogP contribution in [-0.2, 0) is 7.05 Å². The maximum atomic E-state index is 5.88. The maximum Gasteiger partial charge on any atom is 0.0726 e. The molecule has 0 bridgehead atoms. The Morgan fingerprint density at radius 3 is 2.80 bits per heavy atom. The minimum absolute atomic E-state index is 0.329. The molecule has 84 valence electrons. The van der Waals surface area contributed by atoms with Crippen molar-refractivity contribution in [1.82, 2.24) is 9.78 Å². The Labute approximate surface area is 90.8 Å². The number of nitrogens with zero attached hydrogens (tertiary/aromatic N) is 2. The topological polar surface area (TPSA) is 55.9 Å². The molecule has 4 nitrogen and oxygen atoms in total. The first-order chi connectivity index (χ1) is 7.24. The fraction of sp³-hybridized carbons (Fsp3) is 0.727. The molecule has 0 spiro atoms. The second kappa shape index (κ2) is 4.23. The van der Waals surface area contributed by atoms with Crippen molar-refractivity contribution >= 4 is 5.69 Å². The van der Waals surface area contributed by atoms with Gasteiger partial charge >= 0.3 is 0 Å². The maximum absolute atomic E-state index is 5.88. The number of hydrogen-bond donors (Lipinski definition) is 2. The SMILES string of the molecule is Cn1cc(NCC2(CN)CCCC2)cn1. The van der Waals surface area contributed by atoms with E-state index in [0.29, 0.717) is 5.41 Å². The molecule has 2 rings (SSSR count). The number of nitrogens with two attached hydrogens (primary N) is 1. The molecule has 1 aliphatic rings. The van der Waals surface area contributed by atoms with Gasteiger partial charge < -0.3 is 11.1 Å². The van der Waals surface area contributed by atoms with E-state index in [1.54, 1.807) is 0 Å². The zero-order valence-electron chi connectivity index (χ0n) is 9.37. The molecule has 0 atom stereocenters. The third kappa shape index (κ3) is 2.31. The summed E-state index contributed by atoms with van der Waals surface area (Å²) in [7, 11) is 1.93. The lowest BCUT2D eigenvalue weighted by Crippen LogP contribution is -2.34. The predicted molar refractivity (Wildman–Crippen MR) is 61.7 cm³/mol. The lowest BCUT2D eigenvalue weighted by molar-refractivity contribution is 0.332. The first-order valence-corrected chi connectivity index (χ1v) is 5.67. The number of rotatable bonds is 4. The van der Waals surface area contributed by atoms with Crippen LogP contribution in [0, 0.1) is 5.41 Å². The molecule has 0 aromatic carbocycles. The Balaban J connectivity index is 1.91. The lowest BCUT2D eigenvalue weighted by Gasteiger charge is -2.27. The van der Waals surface area contributed by atoms with Crippen LogP contribution in [0.5, 0.6) is 0 Å². The van der Waals surface area contributed by atoms with Gasteiger partial charge in [-0.3, -0.25) is 4.68 Å². The smallest absolute Gasteiger partial charge is 0.0726 e. The van der Waals surface area contributed by atoms with Crippen LogP contribution >= 0.6 is 0 Å². The van der Waals surface area contributed by atoms with Crippen LogP contribution in [0.1, 0.15) is 25.7 Å². The number of aromatic nitrogens is 2. The highest BCUT2D eigenvalue weighted by Crippen LogP contribution is 2.37. The van der Waals surface area contributed by atoms with Crippen molar-refractivity contribution in [2.24, 2.45) is 18.2 Å². The first kappa shape index (κ1) is 10.5. The molecular formula is C11H20N4. The van der Waals surface area contributed by atoms with E-state index in [-0.39, 0.29) is 0 Å². The molecule has 1 aromatic rings.